The van der Waals surface area contributed by atoms with Gasteiger partial charge in [0.05, 0.1) is 22.5 Å². The van der Waals surface area contributed by atoms with Crippen molar-refractivity contribution >= 4 is 43.2 Å². The first kappa shape index (κ1) is 27.6. The van der Waals surface area contributed by atoms with Gasteiger partial charge in [-0.15, -0.1) is 0 Å². The maximum absolute atomic E-state index is 13.2. The van der Waals surface area contributed by atoms with Gasteiger partial charge in [-0.1, -0.05) is 18.2 Å². The first-order valence-electron chi connectivity index (χ1n) is 11.6. The molecule has 0 saturated carbocycles. The minimum atomic E-state index is -3.92. The Hall–Kier alpha value is -2.99. The summed E-state index contributed by atoms with van der Waals surface area (Å²) in [5.41, 5.74) is 0.460. The molecule has 1 aliphatic heterocycles. The molecule has 0 unspecified atom stereocenters. The topological polar surface area (TPSA) is 116 Å². The highest BCUT2D eigenvalue weighted by Crippen LogP contribution is 2.34. The van der Waals surface area contributed by atoms with Crippen molar-refractivity contribution in [3.63, 3.8) is 0 Å². The SMILES string of the molecule is CN(c1ccc(N2CCCN(C(=O)OC(C)(C)C)CC2)cc1NS(C)(=O)=O)S(=O)(=O)c1ccccc1. The van der Waals surface area contributed by atoms with Crippen molar-refractivity contribution in [1.29, 1.82) is 0 Å². The number of carbonyl (C=O) groups excluding carboxylic acids is 1. The summed E-state index contributed by atoms with van der Waals surface area (Å²) < 4.78 is 59.6. The molecule has 0 radical (unpaired) electrons. The molecule has 0 aliphatic carbocycles. The summed E-state index contributed by atoms with van der Waals surface area (Å²) in [6.45, 7) is 7.58. The van der Waals surface area contributed by atoms with Crippen LogP contribution in [0.5, 0.6) is 0 Å². The summed E-state index contributed by atoms with van der Waals surface area (Å²) in [6, 6.07) is 12.9. The molecular formula is C24H34N4O6S2. The van der Waals surface area contributed by atoms with Gasteiger partial charge in [0, 0.05) is 38.9 Å². The molecule has 12 heteroatoms. The van der Waals surface area contributed by atoms with E-state index in [2.05, 4.69) is 4.72 Å². The minimum absolute atomic E-state index is 0.0941. The first-order chi connectivity index (χ1) is 16.7. The van der Waals surface area contributed by atoms with Crippen molar-refractivity contribution in [3.05, 3.63) is 48.5 Å². The average molecular weight is 539 g/mol. The average Bonchev–Trinajstić information content (AvgIpc) is 3.03. The van der Waals surface area contributed by atoms with Gasteiger partial charge in [-0.3, -0.25) is 9.03 Å². The number of benzene rings is 2. The Kier molecular flexibility index (Phi) is 8.09. The standard InChI is InChI=1S/C24H34N4O6S2/c1-24(2,3)34-23(29)28-15-9-14-27(16-17-28)19-12-13-22(21(18-19)25-35(5,30)31)26(4)36(32,33)20-10-7-6-8-11-20/h6-8,10-13,18,25H,9,14-17H2,1-5H3. The fourth-order valence-electron chi connectivity index (χ4n) is 3.84. The van der Waals surface area contributed by atoms with E-state index in [1.54, 1.807) is 41.3 Å². The van der Waals surface area contributed by atoms with Gasteiger partial charge in [0.25, 0.3) is 10.0 Å². The summed E-state index contributed by atoms with van der Waals surface area (Å²) in [7, 11) is -6.23. The Balaban J connectivity index is 1.89. The summed E-state index contributed by atoms with van der Waals surface area (Å²) in [4.78, 5) is 16.3. The van der Waals surface area contributed by atoms with Crippen molar-refractivity contribution in [3.8, 4) is 0 Å². The highest BCUT2D eigenvalue weighted by molar-refractivity contribution is 7.93. The molecule has 3 rings (SSSR count). The van der Waals surface area contributed by atoms with E-state index in [9.17, 15) is 21.6 Å². The zero-order valence-electron chi connectivity index (χ0n) is 21.3. The Morgan fingerprint density at radius 2 is 1.64 bits per heavy atom. The lowest BCUT2D eigenvalue weighted by atomic mass is 10.2. The van der Waals surface area contributed by atoms with Crippen LogP contribution in [-0.2, 0) is 24.8 Å². The lowest BCUT2D eigenvalue weighted by Gasteiger charge is -2.28. The molecule has 0 bridgehead atoms. The number of rotatable bonds is 6. The van der Waals surface area contributed by atoms with E-state index in [1.807, 2.05) is 25.7 Å². The molecule has 0 atom stereocenters. The van der Waals surface area contributed by atoms with Crippen molar-refractivity contribution < 1.29 is 26.4 Å². The summed E-state index contributed by atoms with van der Waals surface area (Å²) in [5, 5.41) is 0. The van der Waals surface area contributed by atoms with Crippen LogP contribution in [0.4, 0.5) is 21.9 Å². The predicted molar refractivity (Wildman–Crippen MR) is 142 cm³/mol. The molecule has 1 N–H and O–H groups in total. The second kappa shape index (κ2) is 10.6. The van der Waals surface area contributed by atoms with Crippen LogP contribution in [-0.4, -0.2) is 72.9 Å². The van der Waals surface area contributed by atoms with Crippen LogP contribution in [0, 0.1) is 0 Å². The molecule has 36 heavy (non-hydrogen) atoms. The van der Waals surface area contributed by atoms with E-state index >= 15 is 0 Å². The minimum Gasteiger partial charge on any atom is -0.444 e. The molecule has 10 nitrogen and oxygen atoms in total. The molecule has 1 fully saturated rings. The van der Waals surface area contributed by atoms with E-state index in [-0.39, 0.29) is 22.4 Å². The van der Waals surface area contributed by atoms with Crippen LogP contribution >= 0.6 is 0 Å². The molecule has 2 aromatic rings. The molecular weight excluding hydrogens is 504 g/mol. The van der Waals surface area contributed by atoms with Crippen molar-refractivity contribution in [2.45, 2.75) is 37.7 Å². The Labute approximate surface area is 213 Å². The predicted octanol–water partition coefficient (Wildman–Crippen LogP) is 3.33. The fraction of sp³-hybridized carbons (Fsp3) is 0.458. The number of nitrogens with one attached hydrogen (secondary N) is 1. The summed E-state index contributed by atoms with van der Waals surface area (Å²) in [5.74, 6) is 0. The van der Waals surface area contributed by atoms with Crippen LogP contribution in [0.2, 0.25) is 0 Å². The highest BCUT2D eigenvalue weighted by Gasteiger charge is 2.27. The number of sulfonamides is 2. The van der Waals surface area contributed by atoms with Crippen molar-refractivity contribution in [1.82, 2.24) is 4.90 Å². The zero-order chi connectivity index (χ0) is 26.7. The van der Waals surface area contributed by atoms with Crippen molar-refractivity contribution in [2.75, 3.05) is 53.4 Å². The Bertz CT molecular complexity index is 1290. The highest BCUT2D eigenvalue weighted by atomic mass is 32.2. The zero-order valence-corrected chi connectivity index (χ0v) is 22.9. The maximum Gasteiger partial charge on any atom is 0.410 e. The van der Waals surface area contributed by atoms with Gasteiger partial charge in [0.2, 0.25) is 10.0 Å². The van der Waals surface area contributed by atoms with Crippen LogP contribution in [0.1, 0.15) is 27.2 Å². The number of ether oxygens (including phenoxy) is 1. The van der Waals surface area contributed by atoms with Crippen LogP contribution < -0.4 is 13.9 Å². The van der Waals surface area contributed by atoms with E-state index in [1.165, 1.54) is 19.2 Å². The van der Waals surface area contributed by atoms with E-state index in [4.69, 9.17) is 4.74 Å². The van der Waals surface area contributed by atoms with E-state index in [0.717, 1.165) is 10.6 Å². The van der Waals surface area contributed by atoms with Gasteiger partial charge in [-0.25, -0.2) is 21.6 Å². The van der Waals surface area contributed by atoms with Gasteiger partial charge < -0.3 is 14.5 Å². The number of carbonyl (C=O) groups is 1. The third-order valence-electron chi connectivity index (χ3n) is 5.53. The Morgan fingerprint density at radius 1 is 0.972 bits per heavy atom. The second-order valence-corrected chi connectivity index (χ2v) is 13.4. The van der Waals surface area contributed by atoms with Crippen LogP contribution in [0.3, 0.4) is 0 Å². The summed E-state index contributed by atoms with van der Waals surface area (Å²) >= 11 is 0. The number of anilines is 3. The normalized spacial score (nSPS) is 15.2. The molecule has 198 valence electrons. The van der Waals surface area contributed by atoms with Gasteiger partial charge in [0.1, 0.15) is 5.60 Å². The number of hydrogen-bond acceptors (Lipinski definition) is 7. The van der Waals surface area contributed by atoms with Gasteiger partial charge in [0.15, 0.2) is 0 Å². The summed E-state index contributed by atoms with van der Waals surface area (Å²) in [6.07, 6.45) is 1.34. The van der Waals surface area contributed by atoms with Gasteiger partial charge in [-0.2, -0.15) is 0 Å². The molecule has 1 amide bonds. The lowest BCUT2D eigenvalue weighted by Crippen LogP contribution is -2.39. The van der Waals surface area contributed by atoms with Gasteiger partial charge >= 0.3 is 6.09 Å². The van der Waals surface area contributed by atoms with E-state index < -0.39 is 25.6 Å². The molecule has 2 aromatic carbocycles. The fourth-order valence-corrected chi connectivity index (χ4v) is 5.64. The molecule has 0 spiro atoms. The lowest BCUT2D eigenvalue weighted by molar-refractivity contribution is 0.0263. The molecule has 1 saturated heterocycles. The molecule has 1 aliphatic rings. The van der Waals surface area contributed by atoms with Gasteiger partial charge in [-0.05, 0) is 57.5 Å². The van der Waals surface area contributed by atoms with Crippen LogP contribution in [0.15, 0.2) is 53.4 Å². The number of nitrogens with zero attached hydrogens (tertiary/aromatic N) is 3. The monoisotopic (exact) mass is 538 g/mol. The van der Waals surface area contributed by atoms with Crippen molar-refractivity contribution in [2.24, 2.45) is 0 Å². The molecule has 0 aromatic heterocycles. The smallest absolute Gasteiger partial charge is 0.410 e. The number of amides is 1. The third kappa shape index (κ3) is 7.03. The maximum atomic E-state index is 13.2. The third-order valence-corrected chi connectivity index (χ3v) is 7.91. The Morgan fingerprint density at radius 3 is 2.25 bits per heavy atom. The number of hydrogen-bond donors (Lipinski definition) is 1. The van der Waals surface area contributed by atoms with E-state index in [0.29, 0.717) is 38.3 Å². The van der Waals surface area contributed by atoms with Crippen LogP contribution in [0.25, 0.3) is 0 Å². The second-order valence-electron chi connectivity index (χ2n) is 9.67. The quantitative estimate of drug-likeness (QED) is 0.600. The largest absolute Gasteiger partial charge is 0.444 e. The molecule has 1 heterocycles. The first-order valence-corrected chi connectivity index (χ1v) is 14.9.